The maximum absolute atomic E-state index is 12.6. The molecule has 1 aliphatic rings. The lowest BCUT2D eigenvalue weighted by Crippen LogP contribution is -2.45. The van der Waals surface area contributed by atoms with Crippen molar-refractivity contribution in [3.8, 4) is 0 Å². The van der Waals surface area contributed by atoms with Gasteiger partial charge >= 0.3 is 11.7 Å². The summed E-state index contributed by atoms with van der Waals surface area (Å²) in [5.41, 5.74) is 6.63. The Morgan fingerprint density at radius 3 is 2.65 bits per heavy atom. The second-order valence-electron chi connectivity index (χ2n) is 7.95. The number of nitrogens with one attached hydrogen (secondary N) is 1. The van der Waals surface area contributed by atoms with E-state index in [-0.39, 0.29) is 12.2 Å². The third-order valence-corrected chi connectivity index (χ3v) is 5.09. The molecule has 13 heteroatoms. The maximum Gasteiger partial charge on any atom is 0.351 e. The Balaban J connectivity index is 1.77. The van der Waals surface area contributed by atoms with Crippen LogP contribution in [0.5, 0.6) is 0 Å². The van der Waals surface area contributed by atoms with Gasteiger partial charge in [0.25, 0.3) is 0 Å². The van der Waals surface area contributed by atoms with Gasteiger partial charge in [0.15, 0.2) is 6.23 Å². The number of benzene rings is 1. The molecule has 2 aromatic rings. The Bertz CT molecular complexity index is 1150. The minimum atomic E-state index is -2.16. The van der Waals surface area contributed by atoms with Crippen molar-refractivity contribution in [2.24, 2.45) is 11.0 Å². The van der Waals surface area contributed by atoms with Crippen LogP contribution < -0.4 is 11.0 Å². The monoisotopic (exact) mass is 472 g/mol. The van der Waals surface area contributed by atoms with Crippen molar-refractivity contribution in [1.82, 2.24) is 9.55 Å². The summed E-state index contributed by atoms with van der Waals surface area (Å²) < 4.78 is 11.4. The summed E-state index contributed by atoms with van der Waals surface area (Å²) in [4.78, 5) is 43.0. The van der Waals surface area contributed by atoms with Crippen LogP contribution in [0.25, 0.3) is 10.4 Å². The van der Waals surface area contributed by atoms with Gasteiger partial charge in [0.2, 0.25) is 11.6 Å². The van der Waals surface area contributed by atoms with Crippen molar-refractivity contribution < 1.29 is 29.3 Å². The van der Waals surface area contributed by atoms with Crippen LogP contribution in [0.2, 0.25) is 0 Å². The van der Waals surface area contributed by atoms with Crippen molar-refractivity contribution in [1.29, 1.82) is 0 Å². The van der Waals surface area contributed by atoms with Gasteiger partial charge in [-0.05, 0) is 17.2 Å². The number of ether oxygens (including phenoxy) is 2. The number of amides is 1. The standard InChI is InChI=1S/C21H24N6O7/c1-12(2)19(31)33-11-21(25-26-22)17(30)16(29)18(34-21)27-9-8-14(24-20(27)32)23-15(28)10-13-6-4-3-5-7-13/h3-9,12,16-18,29-30H,10-11H2,1-2H3,(H,23,24,28,32)/t16-,17+,18-,21-/m1/s1. The first-order chi connectivity index (χ1) is 16.2. The van der Waals surface area contributed by atoms with Crippen molar-refractivity contribution in [2.75, 3.05) is 11.9 Å². The van der Waals surface area contributed by atoms with Crippen LogP contribution in [0.15, 0.2) is 52.5 Å². The number of hydrogen-bond acceptors (Lipinski definition) is 9. The molecule has 0 radical (unpaired) electrons. The van der Waals surface area contributed by atoms with Crippen LogP contribution in [-0.4, -0.2) is 56.2 Å². The molecule has 1 aliphatic heterocycles. The molecule has 4 atom stereocenters. The summed E-state index contributed by atoms with van der Waals surface area (Å²) >= 11 is 0. The van der Waals surface area contributed by atoms with Gasteiger partial charge in [0.05, 0.1) is 12.3 Å². The molecule has 1 aromatic heterocycles. The number of anilines is 1. The van der Waals surface area contributed by atoms with Crippen LogP contribution in [0.3, 0.4) is 0 Å². The molecule has 3 N–H and O–H groups in total. The van der Waals surface area contributed by atoms with Crippen LogP contribution in [0, 0.1) is 5.92 Å². The predicted molar refractivity (Wildman–Crippen MR) is 117 cm³/mol. The van der Waals surface area contributed by atoms with Gasteiger partial charge in [-0.25, -0.2) is 4.79 Å². The lowest BCUT2D eigenvalue weighted by Gasteiger charge is -2.26. The topological polar surface area (TPSA) is 189 Å². The maximum atomic E-state index is 12.6. The number of rotatable bonds is 8. The molecule has 13 nitrogen and oxygen atoms in total. The zero-order chi connectivity index (χ0) is 24.9. The van der Waals surface area contributed by atoms with Crippen LogP contribution >= 0.6 is 0 Å². The molecule has 0 spiro atoms. The van der Waals surface area contributed by atoms with Crippen molar-refractivity contribution in [3.63, 3.8) is 0 Å². The second-order valence-corrected chi connectivity index (χ2v) is 7.95. The van der Waals surface area contributed by atoms with E-state index in [0.29, 0.717) is 0 Å². The Labute approximate surface area is 193 Å². The summed E-state index contributed by atoms with van der Waals surface area (Å²) in [6.45, 7) is 2.48. The Morgan fingerprint density at radius 2 is 2.03 bits per heavy atom. The molecule has 0 bridgehead atoms. The zero-order valence-electron chi connectivity index (χ0n) is 18.4. The highest BCUT2D eigenvalue weighted by Crippen LogP contribution is 2.38. The van der Waals surface area contributed by atoms with Gasteiger partial charge < -0.3 is 25.0 Å². The predicted octanol–water partition coefficient (Wildman–Crippen LogP) is 0.881. The van der Waals surface area contributed by atoms with Gasteiger partial charge in [0.1, 0.15) is 24.6 Å². The molecule has 0 unspecified atom stereocenters. The quantitative estimate of drug-likeness (QED) is 0.218. The van der Waals surface area contributed by atoms with Gasteiger partial charge in [-0.3, -0.25) is 14.2 Å². The van der Waals surface area contributed by atoms with E-state index >= 15 is 0 Å². The molecule has 2 heterocycles. The van der Waals surface area contributed by atoms with Crippen molar-refractivity contribution in [3.05, 3.63) is 69.1 Å². The van der Waals surface area contributed by atoms with E-state index < -0.39 is 54.3 Å². The van der Waals surface area contributed by atoms with Gasteiger partial charge in [-0.1, -0.05) is 49.3 Å². The largest absolute Gasteiger partial charge is 0.462 e. The number of aromatic nitrogens is 2. The third kappa shape index (κ3) is 5.41. The van der Waals surface area contributed by atoms with E-state index in [1.807, 2.05) is 6.07 Å². The first-order valence-corrected chi connectivity index (χ1v) is 10.4. The normalized spacial score (nSPS) is 23.9. The first-order valence-electron chi connectivity index (χ1n) is 10.4. The number of aliphatic hydroxyl groups excluding tert-OH is 2. The molecule has 1 saturated heterocycles. The average molecular weight is 472 g/mol. The third-order valence-electron chi connectivity index (χ3n) is 5.09. The fourth-order valence-electron chi connectivity index (χ4n) is 3.28. The van der Waals surface area contributed by atoms with E-state index in [1.54, 1.807) is 38.1 Å². The molecule has 0 aliphatic carbocycles. The number of esters is 1. The molecular weight excluding hydrogens is 448 g/mol. The SMILES string of the molecule is CC(C)C(=O)OC[C@@]1(N=[N+]=[N-])O[C@@H](n2ccc(NC(=O)Cc3ccccc3)nc2=O)[C@H](O)[C@@H]1O. The minimum Gasteiger partial charge on any atom is -0.462 e. The summed E-state index contributed by atoms with van der Waals surface area (Å²) in [5.74, 6) is -1.56. The van der Waals surface area contributed by atoms with Gasteiger partial charge in [-0.2, -0.15) is 4.98 Å². The zero-order valence-corrected chi connectivity index (χ0v) is 18.4. The van der Waals surface area contributed by atoms with Crippen LogP contribution in [-0.2, 0) is 25.5 Å². The summed E-state index contributed by atoms with van der Waals surface area (Å²) in [6.07, 6.45) is -3.77. The molecule has 1 fully saturated rings. The summed E-state index contributed by atoms with van der Waals surface area (Å²) in [6, 6.07) is 10.3. The summed E-state index contributed by atoms with van der Waals surface area (Å²) in [5, 5.41) is 26.9. The van der Waals surface area contributed by atoms with E-state index in [2.05, 4.69) is 20.3 Å². The number of azide groups is 1. The number of carbonyl (C=O) groups excluding carboxylic acids is 2. The molecular formula is C21H24N6O7. The first kappa shape index (κ1) is 24.9. The molecule has 3 rings (SSSR count). The number of aliphatic hydroxyl groups is 2. The van der Waals surface area contributed by atoms with Gasteiger partial charge in [0, 0.05) is 11.1 Å². The van der Waals surface area contributed by atoms with Crippen molar-refractivity contribution in [2.45, 2.75) is 44.4 Å². The highest BCUT2D eigenvalue weighted by molar-refractivity contribution is 5.91. The fourth-order valence-corrected chi connectivity index (χ4v) is 3.28. The smallest absolute Gasteiger partial charge is 0.351 e. The van der Waals surface area contributed by atoms with Gasteiger partial charge in [-0.15, -0.1) is 0 Å². The molecule has 1 aromatic carbocycles. The van der Waals surface area contributed by atoms with E-state index in [0.717, 1.165) is 10.1 Å². The number of hydrogen-bond donors (Lipinski definition) is 3. The molecule has 34 heavy (non-hydrogen) atoms. The van der Waals surface area contributed by atoms with Crippen molar-refractivity contribution >= 4 is 17.7 Å². The van der Waals surface area contributed by atoms with E-state index in [4.69, 9.17) is 15.0 Å². The highest BCUT2D eigenvalue weighted by atomic mass is 16.6. The fraction of sp³-hybridized carbons (Fsp3) is 0.429. The summed E-state index contributed by atoms with van der Waals surface area (Å²) in [7, 11) is 0. The minimum absolute atomic E-state index is 0.0256. The van der Waals surface area contributed by atoms with E-state index in [1.165, 1.54) is 12.3 Å². The lowest BCUT2D eigenvalue weighted by molar-refractivity contribution is -0.168. The Hall–Kier alpha value is -3.77. The highest BCUT2D eigenvalue weighted by Gasteiger charge is 2.56. The average Bonchev–Trinajstić information content (AvgIpc) is 3.03. The number of carbonyl (C=O) groups is 2. The Kier molecular flexibility index (Phi) is 7.64. The molecule has 1 amide bonds. The van der Waals surface area contributed by atoms with Crippen LogP contribution in [0.4, 0.5) is 5.82 Å². The molecule has 0 saturated carbocycles. The van der Waals surface area contributed by atoms with Crippen LogP contribution in [0.1, 0.15) is 25.6 Å². The number of nitrogens with zero attached hydrogens (tertiary/aromatic N) is 5. The second kappa shape index (κ2) is 10.4. The Morgan fingerprint density at radius 1 is 1.32 bits per heavy atom. The van der Waals surface area contributed by atoms with E-state index in [9.17, 15) is 24.6 Å². The lowest BCUT2D eigenvalue weighted by atomic mass is 10.1. The molecule has 180 valence electrons.